The second-order valence-corrected chi connectivity index (χ2v) is 10.7. The maximum atomic E-state index is 13.6. The van der Waals surface area contributed by atoms with Gasteiger partial charge in [0.2, 0.25) is 5.78 Å². The largest absolute Gasteiger partial charge is 0.461 e. The van der Waals surface area contributed by atoms with Gasteiger partial charge >= 0.3 is 11.9 Å². The lowest BCUT2D eigenvalue weighted by Gasteiger charge is -2.51. The lowest BCUT2D eigenvalue weighted by atomic mass is 9.82. The Bertz CT molecular complexity index is 1190. The van der Waals surface area contributed by atoms with Gasteiger partial charge in [-0.3, -0.25) is 10.1 Å². The molecule has 4 aliphatic rings. The van der Waals surface area contributed by atoms with E-state index in [0.717, 1.165) is 37.1 Å². The Labute approximate surface area is 228 Å². The maximum Gasteiger partial charge on any atom is 0.356 e. The van der Waals surface area contributed by atoms with Gasteiger partial charge in [-0.1, -0.05) is 65.8 Å². The number of hydrogen-bond acceptors (Lipinski definition) is 8. The molecule has 0 saturated carbocycles. The van der Waals surface area contributed by atoms with Gasteiger partial charge in [-0.25, -0.2) is 9.59 Å². The van der Waals surface area contributed by atoms with Crippen molar-refractivity contribution in [3.8, 4) is 0 Å². The van der Waals surface area contributed by atoms with Gasteiger partial charge < -0.3 is 18.8 Å². The number of nitrogens with one attached hydrogen (secondary N) is 1. The molecule has 1 N–H and O–H groups in total. The third kappa shape index (κ3) is 6.37. The third-order valence-corrected chi connectivity index (χ3v) is 8.06. The van der Waals surface area contributed by atoms with Gasteiger partial charge in [0.1, 0.15) is 19.1 Å². The number of carbonyl (C=O) groups excluding carboxylic acids is 3. The number of oxime groups is 1. The van der Waals surface area contributed by atoms with E-state index in [4.69, 9.17) is 14.3 Å². The molecule has 3 atom stereocenters. The fourth-order valence-corrected chi connectivity index (χ4v) is 5.91. The monoisotopic (exact) mass is 534 g/mol. The zero-order chi connectivity index (χ0) is 27.2. The molecule has 2 unspecified atom stereocenters. The Kier molecular flexibility index (Phi) is 8.38. The molecule has 9 nitrogen and oxygen atoms in total. The zero-order valence-electron chi connectivity index (χ0n) is 22.3. The van der Waals surface area contributed by atoms with E-state index in [9.17, 15) is 14.4 Å². The SMILES string of the molecule is CCOC(=O)C1=NOC(C(=O)C[N+]23CCC(CC2)[C@@H](OC(=O)C(NCc2ccccc2)c2ccccc2)C3)C1. The van der Waals surface area contributed by atoms with Crippen LogP contribution in [0.15, 0.2) is 65.8 Å². The number of ether oxygens (including phenoxy) is 2. The molecular formula is C30H36N3O6+. The highest BCUT2D eigenvalue weighted by Gasteiger charge is 2.50. The van der Waals surface area contributed by atoms with Crippen molar-refractivity contribution in [3.05, 3.63) is 71.8 Å². The van der Waals surface area contributed by atoms with Crippen LogP contribution in [0.4, 0.5) is 0 Å². The predicted molar refractivity (Wildman–Crippen MR) is 143 cm³/mol. The third-order valence-electron chi connectivity index (χ3n) is 8.06. The lowest BCUT2D eigenvalue weighted by Crippen LogP contribution is -2.66. The van der Waals surface area contributed by atoms with Gasteiger partial charge in [0, 0.05) is 31.7 Å². The Hall–Kier alpha value is -3.56. The first-order valence-corrected chi connectivity index (χ1v) is 13.8. The Balaban J connectivity index is 1.22. The van der Waals surface area contributed by atoms with E-state index in [2.05, 4.69) is 10.5 Å². The van der Waals surface area contributed by atoms with Gasteiger partial charge in [0.25, 0.3) is 0 Å². The number of quaternary nitrogens is 1. The minimum absolute atomic E-state index is 0.0878. The number of Topliss-reactive ketones (excluding diaryl/α,β-unsaturated/α-hetero) is 1. The van der Waals surface area contributed by atoms with Crippen LogP contribution in [0, 0.1) is 5.92 Å². The molecule has 39 heavy (non-hydrogen) atoms. The summed E-state index contributed by atoms with van der Waals surface area (Å²) < 4.78 is 11.7. The van der Waals surface area contributed by atoms with Gasteiger partial charge in [0.05, 0.1) is 19.7 Å². The molecule has 6 rings (SSSR count). The van der Waals surface area contributed by atoms with Crippen molar-refractivity contribution in [3.63, 3.8) is 0 Å². The van der Waals surface area contributed by atoms with Gasteiger partial charge in [-0.2, -0.15) is 0 Å². The summed E-state index contributed by atoms with van der Waals surface area (Å²) in [6, 6.07) is 19.0. The first kappa shape index (κ1) is 27.0. The standard InChI is InChI=1S/C30H36N3O6/c1-2-37-29(35)24-17-26(39-32-24)25(34)19-33-15-13-22(14-16-33)27(20-33)38-30(36)28(23-11-7-4-8-12-23)31-18-21-9-5-3-6-10-21/h3-12,22,26-28,31H,2,13-20H2,1H3/q+1/t22?,26?,27-,28?,33?/m0/s1. The number of esters is 2. The molecule has 2 aromatic carbocycles. The van der Waals surface area contributed by atoms with Crippen molar-refractivity contribution >= 4 is 23.4 Å². The summed E-state index contributed by atoms with van der Waals surface area (Å²) in [5.41, 5.74) is 2.09. The molecule has 0 radical (unpaired) electrons. The molecule has 4 heterocycles. The van der Waals surface area contributed by atoms with Crippen LogP contribution >= 0.6 is 0 Å². The van der Waals surface area contributed by atoms with Crippen LogP contribution in [0.5, 0.6) is 0 Å². The Morgan fingerprint density at radius 2 is 1.74 bits per heavy atom. The van der Waals surface area contributed by atoms with Crippen molar-refractivity contribution in [2.45, 2.75) is 51.0 Å². The van der Waals surface area contributed by atoms with E-state index in [-0.39, 0.29) is 49.1 Å². The first-order chi connectivity index (χ1) is 19.0. The van der Waals surface area contributed by atoms with E-state index in [1.807, 2.05) is 60.7 Å². The zero-order valence-corrected chi connectivity index (χ0v) is 22.3. The molecule has 0 amide bonds. The minimum atomic E-state index is -0.776. The quantitative estimate of drug-likeness (QED) is 0.349. The van der Waals surface area contributed by atoms with Gasteiger partial charge in [-0.05, 0) is 18.1 Å². The lowest BCUT2D eigenvalue weighted by molar-refractivity contribution is -0.939. The summed E-state index contributed by atoms with van der Waals surface area (Å²) in [6.45, 7) is 5.08. The number of rotatable bonds is 11. The maximum absolute atomic E-state index is 13.6. The van der Waals surface area contributed by atoms with Gasteiger partial charge in [0.15, 0.2) is 17.9 Å². The number of piperidine rings is 3. The van der Waals surface area contributed by atoms with Crippen molar-refractivity contribution < 1.29 is 33.2 Å². The van der Waals surface area contributed by atoms with Crippen LogP contribution in [0.2, 0.25) is 0 Å². The fourth-order valence-electron chi connectivity index (χ4n) is 5.91. The topological polar surface area (TPSA) is 103 Å². The summed E-state index contributed by atoms with van der Waals surface area (Å²) in [7, 11) is 0. The average Bonchev–Trinajstić information content (AvgIpc) is 3.46. The number of fused-ring (bicyclic) bond motifs is 3. The highest BCUT2D eigenvalue weighted by atomic mass is 16.6. The van der Waals surface area contributed by atoms with E-state index in [0.29, 0.717) is 17.6 Å². The Morgan fingerprint density at radius 1 is 1.05 bits per heavy atom. The highest BCUT2D eigenvalue weighted by Crippen LogP contribution is 2.36. The summed E-state index contributed by atoms with van der Waals surface area (Å²) in [6.07, 6.45) is 0.893. The molecule has 3 fully saturated rings. The number of nitrogens with zero attached hydrogens (tertiary/aromatic N) is 2. The van der Waals surface area contributed by atoms with Crippen LogP contribution in [-0.2, 0) is 35.2 Å². The smallest absolute Gasteiger partial charge is 0.356 e. The van der Waals surface area contributed by atoms with Crippen LogP contribution in [0.3, 0.4) is 0 Å². The molecule has 4 aliphatic heterocycles. The molecule has 2 aromatic rings. The van der Waals surface area contributed by atoms with Crippen LogP contribution in [-0.4, -0.2) is 72.9 Å². The molecule has 0 aliphatic carbocycles. The molecule has 206 valence electrons. The van der Waals surface area contributed by atoms with Crippen LogP contribution in [0.1, 0.15) is 43.4 Å². The summed E-state index contributed by atoms with van der Waals surface area (Å²) in [5.74, 6) is -0.641. The fraction of sp³-hybridized carbons (Fsp3) is 0.467. The van der Waals surface area contributed by atoms with Crippen molar-refractivity contribution in [2.24, 2.45) is 11.1 Å². The molecular weight excluding hydrogens is 498 g/mol. The second kappa shape index (κ2) is 12.1. The summed E-state index contributed by atoms with van der Waals surface area (Å²) in [5, 5.41) is 7.17. The normalized spacial score (nSPS) is 26.3. The van der Waals surface area contributed by atoms with Crippen LogP contribution in [0.25, 0.3) is 0 Å². The van der Waals surface area contributed by atoms with Crippen molar-refractivity contribution in [2.75, 3.05) is 32.8 Å². The Morgan fingerprint density at radius 3 is 2.44 bits per heavy atom. The van der Waals surface area contributed by atoms with Crippen LogP contribution < -0.4 is 5.32 Å². The minimum Gasteiger partial charge on any atom is -0.461 e. The predicted octanol–water partition coefficient (Wildman–Crippen LogP) is 2.95. The number of benzene rings is 2. The molecule has 0 spiro atoms. The highest BCUT2D eigenvalue weighted by molar-refractivity contribution is 6.37. The number of hydrogen-bond donors (Lipinski definition) is 1. The van der Waals surface area contributed by atoms with E-state index < -0.39 is 18.1 Å². The second-order valence-electron chi connectivity index (χ2n) is 10.7. The number of ketones is 1. The molecule has 9 heteroatoms. The molecule has 0 aromatic heterocycles. The average molecular weight is 535 g/mol. The van der Waals surface area contributed by atoms with Crippen molar-refractivity contribution in [1.82, 2.24) is 5.32 Å². The number of carbonyl (C=O) groups is 3. The van der Waals surface area contributed by atoms with Crippen molar-refractivity contribution in [1.29, 1.82) is 0 Å². The summed E-state index contributed by atoms with van der Waals surface area (Å²) in [4.78, 5) is 44.0. The summed E-state index contributed by atoms with van der Waals surface area (Å²) >= 11 is 0. The van der Waals surface area contributed by atoms with E-state index >= 15 is 0 Å². The van der Waals surface area contributed by atoms with E-state index in [1.165, 1.54) is 0 Å². The van der Waals surface area contributed by atoms with Gasteiger partial charge in [-0.15, -0.1) is 0 Å². The first-order valence-electron chi connectivity index (χ1n) is 13.8. The molecule has 2 bridgehead atoms. The molecule has 3 saturated heterocycles. The van der Waals surface area contributed by atoms with E-state index in [1.54, 1.807) is 6.92 Å².